The van der Waals surface area contributed by atoms with E-state index in [0.29, 0.717) is 28.0 Å². The van der Waals surface area contributed by atoms with E-state index in [1.165, 1.54) is 54.5 Å². The number of nitrogens with one attached hydrogen (secondary N) is 1. The average Bonchev–Trinajstić information content (AvgIpc) is 3.58. The number of aromatic nitrogens is 4. The molecule has 0 amide bonds. The van der Waals surface area contributed by atoms with Crippen LogP contribution in [0.15, 0.2) is 53.5 Å². The van der Waals surface area contributed by atoms with Gasteiger partial charge in [0.2, 0.25) is 0 Å². The van der Waals surface area contributed by atoms with Crippen LogP contribution in [0.25, 0.3) is 28.0 Å². The molecule has 0 atom stereocenters. The van der Waals surface area contributed by atoms with Crippen LogP contribution < -0.4 is 5.69 Å². The molecule has 5 rings (SSSR count). The van der Waals surface area contributed by atoms with Gasteiger partial charge in [0.25, 0.3) is 0 Å². The van der Waals surface area contributed by atoms with Gasteiger partial charge >= 0.3 is 5.69 Å². The van der Waals surface area contributed by atoms with Crippen LogP contribution in [-0.2, 0) is 7.05 Å². The largest absolute Gasteiger partial charge is 0.350 e. The van der Waals surface area contributed by atoms with Gasteiger partial charge in [-0.3, -0.25) is 0 Å². The van der Waals surface area contributed by atoms with Gasteiger partial charge in [0.15, 0.2) is 5.82 Å². The Balaban J connectivity index is 0.000000325. The van der Waals surface area contributed by atoms with Crippen molar-refractivity contribution in [2.75, 3.05) is 0 Å². The Morgan fingerprint density at radius 3 is 2.42 bits per heavy atom. The molecule has 0 radical (unpaired) electrons. The van der Waals surface area contributed by atoms with Crippen molar-refractivity contribution in [1.82, 2.24) is 19.3 Å². The highest BCUT2D eigenvalue weighted by Gasteiger charge is 2.21. The average molecular weight is 493 g/mol. The molecule has 1 aliphatic rings. The predicted octanol–water partition coefficient (Wildman–Crippen LogP) is 7.06. The molecule has 4 aromatic rings. The third-order valence-corrected chi connectivity index (χ3v) is 7.20. The Labute approximate surface area is 210 Å². The zero-order chi connectivity index (χ0) is 26.0. The number of aryl methyl sites for hydroxylation is 2. The third kappa shape index (κ3) is 5.06. The summed E-state index contributed by atoms with van der Waals surface area (Å²) >= 11 is 0. The van der Waals surface area contributed by atoms with Gasteiger partial charge in [-0.05, 0) is 61.6 Å². The SMILES string of the molecule is C/C=C(\c1cc(F)ccc1C)n1c(-c2cn(C)c3ccc(F)cc23)n[nH]c1=O.CC(C)C1CCCC1. The van der Waals surface area contributed by atoms with Crippen molar-refractivity contribution in [3.05, 3.63) is 81.9 Å². The molecule has 0 saturated heterocycles. The van der Waals surface area contributed by atoms with Crippen LogP contribution in [0.2, 0.25) is 0 Å². The van der Waals surface area contributed by atoms with Gasteiger partial charge in [0, 0.05) is 35.3 Å². The van der Waals surface area contributed by atoms with Crippen molar-refractivity contribution in [2.45, 2.75) is 53.4 Å². The van der Waals surface area contributed by atoms with E-state index >= 15 is 0 Å². The van der Waals surface area contributed by atoms with Crippen molar-refractivity contribution < 1.29 is 8.78 Å². The fourth-order valence-electron chi connectivity index (χ4n) is 5.14. The molecule has 0 bridgehead atoms. The monoisotopic (exact) mass is 492 g/mol. The van der Waals surface area contributed by atoms with Gasteiger partial charge < -0.3 is 4.57 Å². The van der Waals surface area contributed by atoms with Crippen LogP contribution in [0, 0.1) is 30.4 Å². The molecule has 5 nitrogen and oxygen atoms in total. The number of rotatable bonds is 4. The lowest BCUT2D eigenvalue weighted by molar-refractivity contribution is 0.396. The second-order valence-corrected chi connectivity index (χ2v) is 9.92. The highest BCUT2D eigenvalue weighted by atomic mass is 19.1. The van der Waals surface area contributed by atoms with Crippen LogP contribution >= 0.6 is 0 Å². The van der Waals surface area contributed by atoms with Crippen LogP contribution in [0.5, 0.6) is 0 Å². The molecular weight excluding hydrogens is 458 g/mol. The zero-order valence-electron chi connectivity index (χ0n) is 21.6. The molecule has 0 spiro atoms. The number of aromatic amines is 1. The Bertz CT molecular complexity index is 1450. The first-order valence-electron chi connectivity index (χ1n) is 12.6. The van der Waals surface area contributed by atoms with E-state index in [0.717, 1.165) is 22.9 Å². The summed E-state index contributed by atoms with van der Waals surface area (Å²) in [5.41, 5.74) is 2.85. The van der Waals surface area contributed by atoms with Crippen LogP contribution in [0.4, 0.5) is 8.78 Å². The van der Waals surface area contributed by atoms with E-state index in [4.69, 9.17) is 0 Å². The lowest BCUT2D eigenvalue weighted by Crippen LogP contribution is -2.18. The molecule has 1 saturated carbocycles. The number of nitrogens with zero attached hydrogens (tertiary/aromatic N) is 3. The minimum atomic E-state index is -0.458. The van der Waals surface area contributed by atoms with E-state index in [2.05, 4.69) is 24.0 Å². The fourth-order valence-corrected chi connectivity index (χ4v) is 5.14. The first-order valence-corrected chi connectivity index (χ1v) is 12.6. The highest BCUT2D eigenvalue weighted by Crippen LogP contribution is 2.32. The first-order chi connectivity index (χ1) is 17.2. The van der Waals surface area contributed by atoms with E-state index < -0.39 is 11.5 Å². The van der Waals surface area contributed by atoms with Crippen molar-refractivity contribution in [3.63, 3.8) is 0 Å². The standard InChI is InChI=1S/C21H18F2N4O.C8H16/c1-4-18(15-9-13(22)6-5-12(15)2)27-20(24-25-21(27)28)17-11-26(3)19-8-7-14(23)10-16(17)19;1-7(2)8-5-3-4-6-8/h4-11H,1-3H3,(H,25,28);7-8H,3-6H2,1-2H3/b18-4+;. The van der Waals surface area contributed by atoms with E-state index in [1.807, 2.05) is 18.5 Å². The molecule has 1 N–H and O–H groups in total. The number of hydrogen-bond donors (Lipinski definition) is 1. The van der Waals surface area contributed by atoms with Crippen LogP contribution in [0.3, 0.4) is 0 Å². The number of benzene rings is 2. The maximum absolute atomic E-state index is 13.9. The van der Waals surface area contributed by atoms with Crippen LogP contribution in [0.1, 0.15) is 57.6 Å². The summed E-state index contributed by atoms with van der Waals surface area (Å²) in [6.45, 7) is 8.30. The van der Waals surface area contributed by atoms with Gasteiger partial charge in [-0.1, -0.05) is 51.7 Å². The molecule has 36 heavy (non-hydrogen) atoms. The molecule has 2 aromatic carbocycles. The second-order valence-electron chi connectivity index (χ2n) is 9.92. The summed E-state index contributed by atoms with van der Waals surface area (Å²) in [7, 11) is 1.84. The maximum atomic E-state index is 13.9. The fraction of sp³-hybridized carbons (Fsp3) is 0.379. The lowest BCUT2D eigenvalue weighted by atomic mass is 9.95. The summed E-state index contributed by atoms with van der Waals surface area (Å²) in [6, 6.07) is 8.90. The lowest BCUT2D eigenvalue weighted by Gasteiger charge is -2.13. The molecule has 0 aliphatic heterocycles. The minimum Gasteiger partial charge on any atom is -0.350 e. The Kier molecular flexibility index (Phi) is 7.57. The predicted molar refractivity (Wildman–Crippen MR) is 142 cm³/mol. The number of fused-ring (bicyclic) bond motifs is 1. The third-order valence-electron chi connectivity index (χ3n) is 7.20. The smallest absolute Gasteiger partial charge is 0.348 e. The molecule has 190 valence electrons. The van der Waals surface area contributed by atoms with Gasteiger partial charge in [0.05, 0.1) is 5.70 Å². The number of hydrogen-bond acceptors (Lipinski definition) is 2. The first kappa shape index (κ1) is 25.6. The second kappa shape index (κ2) is 10.6. The quantitative estimate of drug-likeness (QED) is 0.332. The van der Waals surface area contributed by atoms with E-state index in [9.17, 15) is 13.6 Å². The van der Waals surface area contributed by atoms with E-state index in [-0.39, 0.29) is 5.82 Å². The van der Waals surface area contributed by atoms with Crippen molar-refractivity contribution in [2.24, 2.45) is 18.9 Å². The highest BCUT2D eigenvalue weighted by molar-refractivity contribution is 5.95. The Morgan fingerprint density at radius 1 is 1.11 bits per heavy atom. The molecular formula is C29H34F2N4O. The topological polar surface area (TPSA) is 55.6 Å². The van der Waals surface area contributed by atoms with Crippen molar-refractivity contribution in [3.8, 4) is 11.4 Å². The van der Waals surface area contributed by atoms with Gasteiger partial charge in [0.1, 0.15) is 11.6 Å². The minimum absolute atomic E-state index is 0.331. The summed E-state index contributed by atoms with van der Waals surface area (Å²) < 4.78 is 31.0. The summed E-state index contributed by atoms with van der Waals surface area (Å²) in [5.74, 6) is 1.56. The summed E-state index contributed by atoms with van der Waals surface area (Å²) in [4.78, 5) is 12.6. The molecule has 0 unspecified atom stereocenters. The summed E-state index contributed by atoms with van der Waals surface area (Å²) in [6.07, 6.45) is 9.50. The van der Waals surface area contributed by atoms with Crippen molar-refractivity contribution >= 4 is 16.6 Å². The molecule has 2 aromatic heterocycles. The molecule has 2 heterocycles. The zero-order valence-corrected chi connectivity index (χ0v) is 21.6. The Hall–Kier alpha value is -3.48. The van der Waals surface area contributed by atoms with Gasteiger partial charge in [-0.2, -0.15) is 5.10 Å². The number of allylic oxidation sites excluding steroid dienone is 1. The maximum Gasteiger partial charge on any atom is 0.348 e. The van der Waals surface area contributed by atoms with E-state index in [1.54, 1.807) is 31.3 Å². The Morgan fingerprint density at radius 2 is 1.78 bits per heavy atom. The molecule has 7 heteroatoms. The molecule has 1 aliphatic carbocycles. The number of halogens is 2. The van der Waals surface area contributed by atoms with Gasteiger partial charge in [-0.25, -0.2) is 23.2 Å². The number of H-pyrrole nitrogens is 1. The molecule has 1 fully saturated rings. The van der Waals surface area contributed by atoms with Crippen LogP contribution in [-0.4, -0.2) is 19.3 Å². The normalized spacial score (nSPS) is 14.5. The summed E-state index contributed by atoms with van der Waals surface area (Å²) in [5, 5.41) is 7.28. The van der Waals surface area contributed by atoms with Crippen molar-refractivity contribution in [1.29, 1.82) is 0 Å². The van der Waals surface area contributed by atoms with Gasteiger partial charge in [-0.15, -0.1) is 0 Å².